The SMILES string of the molecule is c1ccc(-c2ccc(-c3ccc(-c4ccc(-c5ccc(-c6ccc(-c7ccccc7)c7c6COC7)cc5)c5c4COC5)cc3)c3c2COC3)cc1. The van der Waals surface area contributed by atoms with Gasteiger partial charge < -0.3 is 14.2 Å². The van der Waals surface area contributed by atoms with Crippen molar-refractivity contribution in [3.8, 4) is 66.8 Å². The molecule has 3 aliphatic rings. The minimum atomic E-state index is 0.629. The van der Waals surface area contributed by atoms with E-state index in [4.69, 9.17) is 14.2 Å². The Morgan fingerprint density at radius 2 is 0.412 bits per heavy atom. The number of hydrogen-bond acceptors (Lipinski definition) is 3. The minimum absolute atomic E-state index is 0.629. The molecule has 0 atom stereocenters. The zero-order valence-electron chi connectivity index (χ0n) is 28.3. The van der Waals surface area contributed by atoms with Gasteiger partial charge in [0.1, 0.15) is 0 Å². The van der Waals surface area contributed by atoms with Crippen LogP contribution in [-0.4, -0.2) is 0 Å². The molecule has 0 amide bonds. The van der Waals surface area contributed by atoms with Crippen molar-refractivity contribution in [1.29, 1.82) is 0 Å². The van der Waals surface area contributed by atoms with Crippen molar-refractivity contribution in [3.05, 3.63) is 179 Å². The van der Waals surface area contributed by atoms with Crippen LogP contribution in [0, 0.1) is 0 Å². The molecule has 0 saturated heterocycles. The Bertz CT molecular complexity index is 2240. The zero-order chi connectivity index (χ0) is 33.7. The molecule has 3 nitrogen and oxygen atoms in total. The molecule has 0 aromatic heterocycles. The molecule has 7 aromatic carbocycles. The second kappa shape index (κ2) is 12.6. The fraction of sp³-hybridized carbons (Fsp3) is 0.125. The standard InChI is InChI=1S/C48H36O3/c1-3-7-31(8-4-1)37-19-21-39(45-27-49-25-43(37)45)33-11-15-35(16-12-33)41-23-24-42(48-30-51-29-47(41)48)36-17-13-34(14-18-36)40-22-20-38(32-9-5-2-6-10-32)44-26-50-28-46(40)44/h1-24H,25-30H2. The lowest BCUT2D eigenvalue weighted by Crippen LogP contribution is -1.95. The summed E-state index contributed by atoms with van der Waals surface area (Å²) in [4.78, 5) is 0. The summed E-state index contributed by atoms with van der Waals surface area (Å²) in [6.45, 7) is 3.88. The number of fused-ring (bicyclic) bond motifs is 3. The van der Waals surface area contributed by atoms with Crippen LogP contribution in [0.2, 0.25) is 0 Å². The van der Waals surface area contributed by atoms with Crippen LogP contribution in [0.1, 0.15) is 33.4 Å². The van der Waals surface area contributed by atoms with Crippen molar-refractivity contribution in [2.45, 2.75) is 39.6 Å². The molecule has 10 rings (SSSR count). The third-order valence-electron chi connectivity index (χ3n) is 11.0. The van der Waals surface area contributed by atoms with Gasteiger partial charge in [-0.2, -0.15) is 0 Å². The Hall–Kier alpha value is -5.58. The molecule has 0 spiro atoms. The third kappa shape index (κ3) is 5.25. The highest BCUT2D eigenvalue weighted by Crippen LogP contribution is 2.42. The lowest BCUT2D eigenvalue weighted by Gasteiger charge is -2.15. The zero-order valence-corrected chi connectivity index (χ0v) is 28.3. The normalized spacial score (nSPS) is 14.4. The first-order chi connectivity index (χ1) is 25.3. The monoisotopic (exact) mass is 660 g/mol. The van der Waals surface area contributed by atoms with E-state index in [1.165, 1.54) is 100 Å². The Morgan fingerprint density at radius 3 is 0.627 bits per heavy atom. The Morgan fingerprint density at radius 1 is 0.216 bits per heavy atom. The van der Waals surface area contributed by atoms with Gasteiger partial charge in [0.25, 0.3) is 0 Å². The van der Waals surface area contributed by atoms with Gasteiger partial charge in [-0.3, -0.25) is 0 Å². The Labute approximate surface area is 298 Å². The van der Waals surface area contributed by atoms with E-state index in [1.54, 1.807) is 0 Å². The van der Waals surface area contributed by atoms with Gasteiger partial charge in [-0.15, -0.1) is 0 Å². The van der Waals surface area contributed by atoms with Crippen molar-refractivity contribution < 1.29 is 14.2 Å². The van der Waals surface area contributed by atoms with E-state index < -0.39 is 0 Å². The molecule has 0 aliphatic carbocycles. The van der Waals surface area contributed by atoms with Crippen molar-refractivity contribution in [2.24, 2.45) is 0 Å². The maximum Gasteiger partial charge on any atom is 0.0731 e. The lowest BCUT2D eigenvalue weighted by atomic mass is 9.88. The molecule has 0 fully saturated rings. The minimum Gasteiger partial charge on any atom is -0.372 e. The van der Waals surface area contributed by atoms with Crippen LogP contribution in [0.4, 0.5) is 0 Å². The van der Waals surface area contributed by atoms with Crippen molar-refractivity contribution in [2.75, 3.05) is 0 Å². The smallest absolute Gasteiger partial charge is 0.0731 e. The average Bonchev–Trinajstić information content (AvgIpc) is 4.00. The summed E-state index contributed by atoms with van der Waals surface area (Å²) >= 11 is 0. The molecule has 0 saturated carbocycles. The highest BCUT2D eigenvalue weighted by Gasteiger charge is 2.24. The summed E-state index contributed by atoms with van der Waals surface area (Å²) in [6.07, 6.45) is 0. The maximum absolute atomic E-state index is 6.09. The topological polar surface area (TPSA) is 27.7 Å². The number of ether oxygens (including phenoxy) is 3. The van der Waals surface area contributed by atoms with Crippen LogP contribution in [0.3, 0.4) is 0 Å². The van der Waals surface area contributed by atoms with Crippen molar-refractivity contribution >= 4 is 0 Å². The summed E-state index contributed by atoms with van der Waals surface area (Å²) in [5.41, 5.74) is 22.7. The third-order valence-corrected chi connectivity index (χ3v) is 11.0. The predicted octanol–water partition coefficient (Wildman–Crippen LogP) is 11.8. The molecular weight excluding hydrogens is 625 g/mol. The molecule has 3 aliphatic heterocycles. The fourth-order valence-corrected chi connectivity index (χ4v) is 8.35. The summed E-state index contributed by atoms with van der Waals surface area (Å²) in [5, 5.41) is 0. The predicted molar refractivity (Wildman–Crippen MR) is 205 cm³/mol. The Kier molecular flexibility index (Phi) is 7.50. The van der Waals surface area contributed by atoms with E-state index >= 15 is 0 Å². The van der Waals surface area contributed by atoms with Gasteiger partial charge in [0.05, 0.1) is 39.6 Å². The van der Waals surface area contributed by atoms with Gasteiger partial charge in [0.15, 0.2) is 0 Å². The molecule has 246 valence electrons. The largest absolute Gasteiger partial charge is 0.372 e. The summed E-state index contributed by atoms with van der Waals surface area (Å²) in [7, 11) is 0. The molecule has 3 heterocycles. The lowest BCUT2D eigenvalue weighted by molar-refractivity contribution is 0.135. The highest BCUT2D eigenvalue weighted by atomic mass is 16.5. The van der Waals surface area contributed by atoms with Gasteiger partial charge in [0, 0.05) is 0 Å². The van der Waals surface area contributed by atoms with Crippen molar-refractivity contribution in [3.63, 3.8) is 0 Å². The quantitative estimate of drug-likeness (QED) is 0.178. The number of benzene rings is 7. The molecule has 51 heavy (non-hydrogen) atoms. The molecule has 0 radical (unpaired) electrons. The summed E-state index contributed by atoms with van der Waals surface area (Å²) in [5.74, 6) is 0. The van der Waals surface area contributed by atoms with E-state index in [0.29, 0.717) is 39.6 Å². The van der Waals surface area contributed by atoms with Gasteiger partial charge in [-0.1, -0.05) is 146 Å². The Balaban J connectivity index is 0.940. The van der Waals surface area contributed by atoms with E-state index in [1.807, 2.05) is 0 Å². The van der Waals surface area contributed by atoms with Gasteiger partial charge >= 0.3 is 0 Å². The van der Waals surface area contributed by atoms with Gasteiger partial charge in [-0.25, -0.2) is 0 Å². The number of rotatable bonds is 6. The van der Waals surface area contributed by atoms with Crippen molar-refractivity contribution in [1.82, 2.24) is 0 Å². The molecule has 3 heteroatoms. The van der Waals surface area contributed by atoms with Crippen LogP contribution in [0.5, 0.6) is 0 Å². The first-order valence-corrected chi connectivity index (χ1v) is 17.8. The van der Waals surface area contributed by atoms with Crippen LogP contribution in [0.25, 0.3) is 66.8 Å². The highest BCUT2D eigenvalue weighted by molar-refractivity contribution is 5.83. The molecule has 0 unspecified atom stereocenters. The summed E-state index contributed by atoms with van der Waals surface area (Å²) in [6, 6.07) is 52.9. The van der Waals surface area contributed by atoms with Crippen LogP contribution >= 0.6 is 0 Å². The molecular formula is C48H36O3. The first kappa shape index (κ1) is 30.3. The van der Waals surface area contributed by atoms with E-state index in [-0.39, 0.29) is 0 Å². The maximum atomic E-state index is 6.09. The van der Waals surface area contributed by atoms with E-state index in [2.05, 4.69) is 146 Å². The van der Waals surface area contributed by atoms with Crippen LogP contribution < -0.4 is 0 Å². The first-order valence-electron chi connectivity index (χ1n) is 17.8. The van der Waals surface area contributed by atoms with Gasteiger partial charge in [-0.05, 0) is 100 Å². The fourth-order valence-electron chi connectivity index (χ4n) is 8.35. The molecule has 0 bridgehead atoms. The number of hydrogen-bond donors (Lipinski definition) is 0. The van der Waals surface area contributed by atoms with E-state index in [0.717, 1.165) is 0 Å². The van der Waals surface area contributed by atoms with Crippen LogP contribution in [0.15, 0.2) is 146 Å². The molecule has 7 aromatic rings. The van der Waals surface area contributed by atoms with E-state index in [9.17, 15) is 0 Å². The second-order valence-electron chi connectivity index (χ2n) is 13.7. The van der Waals surface area contributed by atoms with Crippen LogP contribution in [-0.2, 0) is 53.9 Å². The summed E-state index contributed by atoms with van der Waals surface area (Å²) < 4.78 is 18.0. The molecule has 0 N–H and O–H groups in total. The second-order valence-corrected chi connectivity index (χ2v) is 13.7. The van der Waals surface area contributed by atoms with Gasteiger partial charge in [0.2, 0.25) is 0 Å². The average molecular weight is 661 g/mol.